The van der Waals surface area contributed by atoms with Crippen LogP contribution in [0, 0.1) is 19.3 Å². The molecule has 0 saturated carbocycles. The quantitative estimate of drug-likeness (QED) is 0.778. The number of aromatic nitrogens is 2. The fraction of sp³-hybridized carbons (Fsp3) is 0.733. The van der Waals surface area contributed by atoms with Crippen LogP contribution in [0.15, 0.2) is 6.20 Å². The lowest BCUT2D eigenvalue weighted by Crippen LogP contribution is -2.41. The first kappa shape index (κ1) is 12.9. The van der Waals surface area contributed by atoms with E-state index in [1.54, 1.807) is 0 Å². The molecule has 0 aliphatic carbocycles. The standard InChI is InChI=1S/C15H23N3O/c1-11-10-16-14(17-12(11)2)18-7-4-15(13(18)3)5-8-19-9-6-15/h10,13H,4-9H2,1-3H3. The summed E-state index contributed by atoms with van der Waals surface area (Å²) >= 11 is 0. The number of ether oxygens (including phenoxy) is 1. The van der Waals surface area contributed by atoms with Crippen molar-refractivity contribution in [2.24, 2.45) is 5.41 Å². The Labute approximate surface area is 115 Å². The molecule has 2 aliphatic heterocycles. The Balaban J connectivity index is 1.84. The predicted octanol–water partition coefficient (Wildman–Crippen LogP) is 2.49. The summed E-state index contributed by atoms with van der Waals surface area (Å²) in [6.07, 6.45) is 5.54. The monoisotopic (exact) mass is 261 g/mol. The zero-order valence-electron chi connectivity index (χ0n) is 12.1. The topological polar surface area (TPSA) is 38.2 Å². The highest BCUT2D eigenvalue weighted by molar-refractivity contribution is 5.37. The molecule has 1 aromatic rings. The van der Waals surface area contributed by atoms with Gasteiger partial charge in [0.25, 0.3) is 0 Å². The molecule has 1 spiro atoms. The van der Waals surface area contributed by atoms with E-state index >= 15 is 0 Å². The molecule has 2 saturated heterocycles. The smallest absolute Gasteiger partial charge is 0.225 e. The second-order valence-electron chi connectivity index (χ2n) is 6.03. The molecule has 19 heavy (non-hydrogen) atoms. The molecule has 1 aromatic heterocycles. The Morgan fingerprint density at radius 1 is 1.26 bits per heavy atom. The Morgan fingerprint density at radius 3 is 2.68 bits per heavy atom. The van der Waals surface area contributed by atoms with Crippen LogP contribution in [0.25, 0.3) is 0 Å². The van der Waals surface area contributed by atoms with Gasteiger partial charge in [-0.1, -0.05) is 0 Å². The van der Waals surface area contributed by atoms with Crippen molar-refractivity contribution in [2.45, 2.75) is 46.1 Å². The van der Waals surface area contributed by atoms with Gasteiger partial charge in [0, 0.05) is 37.7 Å². The summed E-state index contributed by atoms with van der Waals surface area (Å²) in [5, 5.41) is 0. The van der Waals surface area contributed by atoms with E-state index in [-0.39, 0.29) is 0 Å². The molecule has 0 aromatic carbocycles. The minimum Gasteiger partial charge on any atom is -0.381 e. The van der Waals surface area contributed by atoms with E-state index in [0.29, 0.717) is 11.5 Å². The van der Waals surface area contributed by atoms with Gasteiger partial charge in [0.05, 0.1) is 0 Å². The van der Waals surface area contributed by atoms with Crippen molar-refractivity contribution < 1.29 is 4.74 Å². The van der Waals surface area contributed by atoms with Gasteiger partial charge < -0.3 is 9.64 Å². The molecule has 2 aliphatic rings. The van der Waals surface area contributed by atoms with Crippen LogP contribution in [0.2, 0.25) is 0 Å². The average molecular weight is 261 g/mol. The zero-order chi connectivity index (χ0) is 13.5. The van der Waals surface area contributed by atoms with Crippen molar-refractivity contribution in [3.8, 4) is 0 Å². The summed E-state index contributed by atoms with van der Waals surface area (Å²) < 4.78 is 5.53. The maximum absolute atomic E-state index is 5.53. The molecular formula is C15H23N3O. The number of anilines is 1. The van der Waals surface area contributed by atoms with Gasteiger partial charge in [-0.15, -0.1) is 0 Å². The van der Waals surface area contributed by atoms with Crippen LogP contribution in [-0.4, -0.2) is 35.8 Å². The Hall–Kier alpha value is -1.16. The molecule has 1 atom stereocenters. The number of aryl methyl sites for hydroxylation is 2. The molecule has 3 heterocycles. The molecule has 2 fully saturated rings. The van der Waals surface area contributed by atoms with Crippen LogP contribution in [-0.2, 0) is 4.74 Å². The average Bonchev–Trinajstić information content (AvgIpc) is 2.72. The first-order valence-corrected chi connectivity index (χ1v) is 7.27. The van der Waals surface area contributed by atoms with Crippen LogP contribution in [0.5, 0.6) is 0 Å². The highest BCUT2D eigenvalue weighted by Crippen LogP contribution is 2.45. The summed E-state index contributed by atoms with van der Waals surface area (Å²) in [7, 11) is 0. The van der Waals surface area contributed by atoms with Gasteiger partial charge in [0.15, 0.2) is 0 Å². The SMILES string of the molecule is Cc1cnc(N2CCC3(CCOCC3)C2C)nc1C. The third kappa shape index (κ3) is 2.12. The van der Waals surface area contributed by atoms with E-state index in [0.717, 1.165) is 37.0 Å². The van der Waals surface area contributed by atoms with Gasteiger partial charge in [-0.05, 0) is 51.0 Å². The van der Waals surface area contributed by atoms with Gasteiger partial charge in [0.2, 0.25) is 5.95 Å². The van der Waals surface area contributed by atoms with Crippen molar-refractivity contribution in [1.82, 2.24) is 9.97 Å². The van der Waals surface area contributed by atoms with E-state index in [9.17, 15) is 0 Å². The molecule has 1 unspecified atom stereocenters. The van der Waals surface area contributed by atoms with Crippen LogP contribution in [0.4, 0.5) is 5.95 Å². The van der Waals surface area contributed by atoms with Crippen molar-refractivity contribution >= 4 is 5.95 Å². The number of nitrogens with zero attached hydrogens (tertiary/aromatic N) is 3. The second-order valence-corrected chi connectivity index (χ2v) is 6.03. The molecule has 4 nitrogen and oxygen atoms in total. The van der Waals surface area contributed by atoms with E-state index in [4.69, 9.17) is 4.74 Å². The first-order valence-electron chi connectivity index (χ1n) is 7.27. The van der Waals surface area contributed by atoms with Crippen molar-refractivity contribution in [3.05, 3.63) is 17.5 Å². The number of hydrogen-bond acceptors (Lipinski definition) is 4. The summed E-state index contributed by atoms with van der Waals surface area (Å²) in [6, 6.07) is 0.513. The van der Waals surface area contributed by atoms with Crippen molar-refractivity contribution in [3.63, 3.8) is 0 Å². The van der Waals surface area contributed by atoms with Gasteiger partial charge in [-0.2, -0.15) is 0 Å². The third-order valence-corrected chi connectivity index (χ3v) is 5.16. The molecule has 0 N–H and O–H groups in total. The van der Waals surface area contributed by atoms with E-state index < -0.39 is 0 Å². The fourth-order valence-electron chi connectivity index (χ4n) is 3.45. The van der Waals surface area contributed by atoms with Gasteiger partial charge in [0.1, 0.15) is 0 Å². The number of hydrogen-bond donors (Lipinski definition) is 0. The summed E-state index contributed by atoms with van der Waals surface area (Å²) in [5.41, 5.74) is 2.67. The van der Waals surface area contributed by atoms with Gasteiger partial charge in [-0.25, -0.2) is 9.97 Å². The maximum Gasteiger partial charge on any atom is 0.225 e. The lowest BCUT2D eigenvalue weighted by atomic mass is 9.74. The molecule has 0 bridgehead atoms. The molecule has 0 amide bonds. The molecule has 0 radical (unpaired) electrons. The van der Waals surface area contributed by atoms with Crippen LogP contribution < -0.4 is 4.90 Å². The summed E-state index contributed by atoms with van der Waals surface area (Å²) in [5.74, 6) is 0.902. The number of rotatable bonds is 1. The Morgan fingerprint density at radius 2 is 2.00 bits per heavy atom. The van der Waals surface area contributed by atoms with E-state index in [2.05, 4.69) is 35.6 Å². The summed E-state index contributed by atoms with van der Waals surface area (Å²) in [4.78, 5) is 11.6. The summed E-state index contributed by atoms with van der Waals surface area (Å²) in [6.45, 7) is 9.34. The van der Waals surface area contributed by atoms with Gasteiger partial charge in [-0.3, -0.25) is 0 Å². The highest BCUT2D eigenvalue weighted by Gasteiger charge is 2.46. The van der Waals surface area contributed by atoms with Crippen LogP contribution in [0.1, 0.15) is 37.4 Å². The Bertz CT molecular complexity index is 468. The molecular weight excluding hydrogens is 238 g/mol. The lowest BCUT2D eigenvalue weighted by molar-refractivity contribution is 0.0128. The van der Waals surface area contributed by atoms with Crippen LogP contribution in [0.3, 0.4) is 0 Å². The van der Waals surface area contributed by atoms with E-state index in [1.807, 2.05) is 6.20 Å². The third-order valence-electron chi connectivity index (χ3n) is 5.16. The first-order chi connectivity index (χ1) is 9.12. The van der Waals surface area contributed by atoms with E-state index in [1.165, 1.54) is 19.3 Å². The zero-order valence-corrected chi connectivity index (χ0v) is 12.1. The normalized spacial score (nSPS) is 26.1. The minimum absolute atomic E-state index is 0.417. The Kier molecular flexibility index (Phi) is 3.21. The van der Waals surface area contributed by atoms with Crippen LogP contribution >= 0.6 is 0 Å². The van der Waals surface area contributed by atoms with Crippen molar-refractivity contribution in [1.29, 1.82) is 0 Å². The predicted molar refractivity (Wildman–Crippen MR) is 75.4 cm³/mol. The highest BCUT2D eigenvalue weighted by atomic mass is 16.5. The van der Waals surface area contributed by atoms with Gasteiger partial charge >= 0.3 is 0 Å². The fourth-order valence-corrected chi connectivity index (χ4v) is 3.45. The largest absolute Gasteiger partial charge is 0.381 e. The lowest BCUT2D eigenvalue weighted by Gasteiger charge is -2.38. The maximum atomic E-state index is 5.53. The minimum atomic E-state index is 0.417. The van der Waals surface area contributed by atoms with Crippen molar-refractivity contribution in [2.75, 3.05) is 24.7 Å². The molecule has 3 rings (SSSR count). The second kappa shape index (κ2) is 4.75. The molecule has 4 heteroatoms. The molecule has 104 valence electrons.